The topological polar surface area (TPSA) is 9.23 Å². The molecule has 0 aromatic rings. The van der Waals surface area contributed by atoms with E-state index in [0.29, 0.717) is 5.41 Å². The lowest BCUT2D eigenvalue weighted by Crippen LogP contribution is -2.31. The van der Waals surface area contributed by atoms with Gasteiger partial charge in [-0.1, -0.05) is 39.0 Å². The van der Waals surface area contributed by atoms with E-state index in [1.165, 1.54) is 51.4 Å². The molecule has 1 saturated heterocycles. The maximum absolute atomic E-state index is 6.12. The maximum Gasteiger partial charge on any atom is 0.0471 e. The van der Waals surface area contributed by atoms with E-state index in [1.807, 2.05) is 0 Å². The molecule has 0 radical (unpaired) electrons. The normalized spacial score (nSPS) is 20.4. The monoisotopic (exact) mass is 232 g/mol. The number of ether oxygens (including phenoxy) is 1. The number of hydrogen-bond donors (Lipinski definition) is 0. The summed E-state index contributed by atoms with van der Waals surface area (Å²) in [6.07, 6.45) is 10.5. The zero-order chi connectivity index (χ0) is 11.0. The van der Waals surface area contributed by atoms with Crippen LogP contribution in [0.1, 0.15) is 58.3 Å². The van der Waals surface area contributed by atoms with Gasteiger partial charge in [0.1, 0.15) is 0 Å². The molecular formula is C13H25ClO. The molecule has 1 fully saturated rings. The van der Waals surface area contributed by atoms with Crippen LogP contribution < -0.4 is 0 Å². The second-order valence-corrected chi connectivity index (χ2v) is 5.18. The molecule has 1 aliphatic rings. The van der Waals surface area contributed by atoms with E-state index >= 15 is 0 Å². The molecule has 0 aliphatic carbocycles. The maximum atomic E-state index is 6.12. The molecule has 1 aliphatic heterocycles. The van der Waals surface area contributed by atoms with Gasteiger partial charge in [-0.05, 0) is 24.7 Å². The van der Waals surface area contributed by atoms with E-state index in [-0.39, 0.29) is 0 Å². The van der Waals surface area contributed by atoms with Gasteiger partial charge >= 0.3 is 0 Å². The fourth-order valence-electron chi connectivity index (χ4n) is 2.36. The Balaban J connectivity index is 2.15. The lowest BCUT2D eigenvalue weighted by molar-refractivity contribution is 0.0203. The molecule has 0 amide bonds. The summed E-state index contributed by atoms with van der Waals surface area (Å²) >= 11 is 6.12. The van der Waals surface area contributed by atoms with Crippen molar-refractivity contribution in [2.45, 2.75) is 58.3 Å². The van der Waals surface area contributed by atoms with Crippen LogP contribution in [0.5, 0.6) is 0 Å². The van der Waals surface area contributed by atoms with E-state index in [9.17, 15) is 0 Å². The number of alkyl halides is 1. The standard InChI is InChI=1S/C13H25ClO/c1-2-3-4-5-6-7-13(12-14)8-10-15-11-9-13/h2-12H2,1H3. The molecule has 0 N–H and O–H groups in total. The molecule has 1 nitrogen and oxygen atoms in total. The number of hydrogen-bond acceptors (Lipinski definition) is 1. The van der Waals surface area contributed by atoms with Gasteiger partial charge in [-0.3, -0.25) is 0 Å². The molecule has 0 atom stereocenters. The van der Waals surface area contributed by atoms with Crippen molar-refractivity contribution in [2.24, 2.45) is 5.41 Å². The van der Waals surface area contributed by atoms with Crippen molar-refractivity contribution < 1.29 is 4.74 Å². The third-order valence-electron chi connectivity index (χ3n) is 3.65. The zero-order valence-corrected chi connectivity index (χ0v) is 10.8. The summed E-state index contributed by atoms with van der Waals surface area (Å²) in [4.78, 5) is 0. The van der Waals surface area contributed by atoms with Crippen molar-refractivity contribution in [1.82, 2.24) is 0 Å². The van der Waals surface area contributed by atoms with Gasteiger partial charge in [0.15, 0.2) is 0 Å². The van der Waals surface area contributed by atoms with Crippen LogP contribution in [-0.2, 0) is 4.74 Å². The van der Waals surface area contributed by atoms with Crippen molar-refractivity contribution in [3.63, 3.8) is 0 Å². The molecule has 0 spiro atoms. The zero-order valence-electron chi connectivity index (χ0n) is 10.1. The summed E-state index contributed by atoms with van der Waals surface area (Å²) in [5, 5.41) is 0. The average Bonchev–Trinajstić information content (AvgIpc) is 2.30. The van der Waals surface area contributed by atoms with E-state index in [1.54, 1.807) is 0 Å². The number of unbranched alkanes of at least 4 members (excludes halogenated alkanes) is 4. The molecule has 0 unspecified atom stereocenters. The second kappa shape index (κ2) is 7.51. The molecule has 0 aromatic heterocycles. The van der Waals surface area contributed by atoms with Crippen LogP contribution in [-0.4, -0.2) is 19.1 Å². The van der Waals surface area contributed by atoms with Gasteiger partial charge < -0.3 is 4.74 Å². The summed E-state index contributed by atoms with van der Waals surface area (Å²) in [6, 6.07) is 0. The Labute approximate surface area is 99.5 Å². The Morgan fingerprint density at radius 2 is 1.73 bits per heavy atom. The highest BCUT2D eigenvalue weighted by atomic mass is 35.5. The lowest BCUT2D eigenvalue weighted by atomic mass is 9.77. The highest BCUT2D eigenvalue weighted by molar-refractivity contribution is 6.18. The van der Waals surface area contributed by atoms with Crippen molar-refractivity contribution in [1.29, 1.82) is 0 Å². The summed E-state index contributed by atoms with van der Waals surface area (Å²) < 4.78 is 5.41. The minimum atomic E-state index is 0.409. The van der Waals surface area contributed by atoms with Crippen LogP contribution in [0.2, 0.25) is 0 Å². The Hall–Kier alpha value is 0.250. The van der Waals surface area contributed by atoms with Gasteiger partial charge in [-0.2, -0.15) is 0 Å². The van der Waals surface area contributed by atoms with E-state index in [2.05, 4.69) is 6.92 Å². The lowest BCUT2D eigenvalue weighted by Gasteiger charge is -2.35. The van der Waals surface area contributed by atoms with Crippen molar-refractivity contribution >= 4 is 11.6 Å². The van der Waals surface area contributed by atoms with Crippen LogP contribution in [0.4, 0.5) is 0 Å². The largest absolute Gasteiger partial charge is 0.381 e. The fraction of sp³-hybridized carbons (Fsp3) is 1.00. The smallest absolute Gasteiger partial charge is 0.0471 e. The predicted octanol–water partition coefficient (Wildman–Crippen LogP) is 4.38. The molecule has 0 bridgehead atoms. The average molecular weight is 233 g/mol. The van der Waals surface area contributed by atoms with Gasteiger partial charge in [0.2, 0.25) is 0 Å². The molecule has 90 valence electrons. The van der Waals surface area contributed by atoms with Gasteiger partial charge in [-0.15, -0.1) is 11.6 Å². The summed E-state index contributed by atoms with van der Waals surface area (Å²) in [5.74, 6) is 0.824. The SMILES string of the molecule is CCCCCCCC1(CCl)CCOCC1. The third-order valence-corrected chi connectivity index (χ3v) is 4.21. The van der Waals surface area contributed by atoms with Gasteiger partial charge in [0.05, 0.1) is 0 Å². The van der Waals surface area contributed by atoms with Gasteiger partial charge in [0.25, 0.3) is 0 Å². The highest BCUT2D eigenvalue weighted by Gasteiger charge is 2.30. The Morgan fingerprint density at radius 1 is 1.07 bits per heavy atom. The third kappa shape index (κ3) is 4.74. The van der Waals surface area contributed by atoms with Crippen molar-refractivity contribution in [2.75, 3.05) is 19.1 Å². The molecule has 1 rings (SSSR count). The molecule has 2 heteroatoms. The molecule has 1 heterocycles. The number of rotatable bonds is 7. The van der Waals surface area contributed by atoms with E-state index in [0.717, 1.165) is 19.1 Å². The Bertz CT molecular complexity index is 153. The second-order valence-electron chi connectivity index (χ2n) is 4.91. The van der Waals surface area contributed by atoms with Crippen LogP contribution in [0.15, 0.2) is 0 Å². The molecule has 0 aromatic carbocycles. The van der Waals surface area contributed by atoms with E-state index < -0.39 is 0 Å². The van der Waals surface area contributed by atoms with Gasteiger partial charge in [0, 0.05) is 19.1 Å². The number of halogens is 1. The van der Waals surface area contributed by atoms with Crippen LogP contribution in [0, 0.1) is 5.41 Å². The minimum absolute atomic E-state index is 0.409. The van der Waals surface area contributed by atoms with E-state index in [4.69, 9.17) is 16.3 Å². The van der Waals surface area contributed by atoms with Crippen molar-refractivity contribution in [3.05, 3.63) is 0 Å². The first-order valence-electron chi connectivity index (χ1n) is 6.47. The Kier molecular flexibility index (Phi) is 6.67. The fourth-order valence-corrected chi connectivity index (χ4v) is 2.76. The van der Waals surface area contributed by atoms with Crippen LogP contribution in [0.25, 0.3) is 0 Å². The first kappa shape index (κ1) is 13.3. The summed E-state index contributed by atoms with van der Waals surface area (Å²) in [6.45, 7) is 4.10. The van der Waals surface area contributed by atoms with Crippen LogP contribution >= 0.6 is 11.6 Å². The summed E-state index contributed by atoms with van der Waals surface area (Å²) in [5.41, 5.74) is 0.409. The first-order chi connectivity index (χ1) is 7.33. The molecule has 0 saturated carbocycles. The molecular weight excluding hydrogens is 208 g/mol. The van der Waals surface area contributed by atoms with Crippen molar-refractivity contribution in [3.8, 4) is 0 Å². The Morgan fingerprint density at radius 3 is 2.33 bits per heavy atom. The minimum Gasteiger partial charge on any atom is -0.381 e. The van der Waals surface area contributed by atoms with Gasteiger partial charge in [-0.25, -0.2) is 0 Å². The quantitative estimate of drug-likeness (QED) is 0.468. The summed E-state index contributed by atoms with van der Waals surface area (Å²) in [7, 11) is 0. The first-order valence-corrected chi connectivity index (χ1v) is 7.00. The van der Waals surface area contributed by atoms with Crippen LogP contribution in [0.3, 0.4) is 0 Å². The molecule has 15 heavy (non-hydrogen) atoms. The predicted molar refractivity (Wildman–Crippen MR) is 66.6 cm³/mol. The highest BCUT2D eigenvalue weighted by Crippen LogP contribution is 2.37.